The average molecular weight is 236 g/mol. The number of H-pyrrole nitrogens is 1. The van der Waals surface area contributed by atoms with Crippen molar-refractivity contribution in [3.63, 3.8) is 0 Å². The summed E-state index contributed by atoms with van der Waals surface area (Å²) in [5.41, 5.74) is 7.03. The third-order valence-corrected chi connectivity index (χ3v) is 3.15. The molecule has 1 aromatic heterocycles. The number of aromatic nitrogens is 2. The van der Waals surface area contributed by atoms with Crippen molar-refractivity contribution in [3.05, 3.63) is 11.3 Å². The van der Waals surface area contributed by atoms with E-state index >= 15 is 0 Å². The predicted molar refractivity (Wildman–Crippen MR) is 66.7 cm³/mol. The van der Waals surface area contributed by atoms with Crippen LogP contribution in [0.2, 0.25) is 0 Å². The van der Waals surface area contributed by atoms with E-state index in [0.717, 1.165) is 25.2 Å². The molecule has 1 fully saturated rings. The van der Waals surface area contributed by atoms with Gasteiger partial charge in [-0.1, -0.05) is 6.92 Å². The molecule has 0 bridgehead atoms. The third kappa shape index (κ3) is 2.60. The molecule has 1 aliphatic rings. The zero-order chi connectivity index (χ0) is 12.4. The lowest BCUT2D eigenvalue weighted by Gasteiger charge is -2.22. The van der Waals surface area contributed by atoms with Gasteiger partial charge in [0.25, 0.3) is 5.91 Å². The Labute approximate surface area is 101 Å². The maximum absolute atomic E-state index is 12.4. The van der Waals surface area contributed by atoms with Crippen LogP contribution in [0.5, 0.6) is 0 Å². The second kappa shape index (κ2) is 4.77. The second-order valence-electron chi connectivity index (χ2n) is 4.80. The largest absolute Gasteiger partial charge is 0.382 e. The van der Waals surface area contributed by atoms with Crippen LogP contribution in [-0.2, 0) is 0 Å². The maximum Gasteiger partial charge on any atom is 0.259 e. The zero-order valence-corrected chi connectivity index (χ0v) is 10.5. The molecule has 0 aromatic carbocycles. The molecule has 1 aliphatic carbocycles. The molecule has 0 aliphatic heterocycles. The van der Waals surface area contributed by atoms with Gasteiger partial charge in [-0.15, -0.1) is 0 Å². The standard InChI is InChI=1S/C12H20N4O/c1-3-6-16(7-9-4-5-9)12(17)10-8(2)14-15-11(10)13/h9H,3-7H2,1-2H3,(H3,13,14,15). The molecule has 2 rings (SSSR count). The molecule has 0 saturated heterocycles. The molecule has 0 unspecified atom stereocenters. The van der Waals surface area contributed by atoms with E-state index in [1.165, 1.54) is 12.8 Å². The van der Waals surface area contributed by atoms with Crippen LogP contribution in [0, 0.1) is 12.8 Å². The number of nitrogens with zero attached hydrogens (tertiary/aromatic N) is 2. The number of hydrogen-bond acceptors (Lipinski definition) is 3. The zero-order valence-electron chi connectivity index (χ0n) is 10.5. The van der Waals surface area contributed by atoms with Gasteiger partial charge in [0.1, 0.15) is 5.56 Å². The number of carbonyl (C=O) groups excluding carboxylic acids is 1. The summed E-state index contributed by atoms with van der Waals surface area (Å²) in [5.74, 6) is 1.02. The predicted octanol–water partition coefficient (Wildman–Crippen LogP) is 1.56. The number of carbonyl (C=O) groups is 1. The van der Waals surface area contributed by atoms with E-state index in [1.807, 2.05) is 11.8 Å². The maximum atomic E-state index is 12.4. The number of nitrogen functional groups attached to an aromatic ring is 1. The molecule has 1 aromatic rings. The molecule has 1 heterocycles. The topological polar surface area (TPSA) is 75.0 Å². The highest BCUT2D eigenvalue weighted by atomic mass is 16.2. The lowest BCUT2D eigenvalue weighted by Crippen LogP contribution is -2.34. The van der Waals surface area contributed by atoms with Crippen molar-refractivity contribution in [1.29, 1.82) is 0 Å². The number of amides is 1. The van der Waals surface area contributed by atoms with E-state index in [1.54, 1.807) is 0 Å². The van der Waals surface area contributed by atoms with Crippen LogP contribution < -0.4 is 5.73 Å². The number of hydrogen-bond donors (Lipinski definition) is 2. The Morgan fingerprint density at radius 2 is 2.29 bits per heavy atom. The van der Waals surface area contributed by atoms with Gasteiger partial charge in [0.15, 0.2) is 5.82 Å². The van der Waals surface area contributed by atoms with Gasteiger partial charge in [0, 0.05) is 18.8 Å². The Morgan fingerprint density at radius 1 is 1.59 bits per heavy atom. The van der Waals surface area contributed by atoms with Crippen molar-refractivity contribution in [2.24, 2.45) is 5.92 Å². The number of aromatic amines is 1. The van der Waals surface area contributed by atoms with Crippen LogP contribution in [0.3, 0.4) is 0 Å². The van der Waals surface area contributed by atoms with Crippen molar-refractivity contribution >= 4 is 11.7 Å². The fourth-order valence-electron chi connectivity index (χ4n) is 2.03. The van der Waals surface area contributed by atoms with Crippen molar-refractivity contribution in [2.45, 2.75) is 33.1 Å². The summed E-state index contributed by atoms with van der Waals surface area (Å²) < 4.78 is 0. The average Bonchev–Trinajstić information content (AvgIpc) is 3.04. The smallest absolute Gasteiger partial charge is 0.259 e. The van der Waals surface area contributed by atoms with Gasteiger partial charge in [-0.3, -0.25) is 9.89 Å². The first kappa shape index (κ1) is 12.0. The summed E-state index contributed by atoms with van der Waals surface area (Å²) in [6, 6.07) is 0. The van der Waals surface area contributed by atoms with E-state index in [2.05, 4.69) is 17.1 Å². The highest BCUT2D eigenvalue weighted by Crippen LogP contribution is 2.30. The minimum absolute atomic E-state index is 0.0162. The Kier molecular flexibility index (Phi) is 3.36. The second-order valence-corrected chi connectivity index (χ2v) is 4.80. The molecule has 1 saturated carbocycles. The summed E-state index contributed by atoms with van der Waals surface area (Å²) >= 11 is 0. The van der Waals surface area contributed by atoms with E-state index in [9.17, 15) is 4.79 Å². The molecule has 17 heavy (non-hydrogen) atoms. The van der Waals surface area contributed by atoms with Crippen LogP contribution in [0.25, 0.3) is 0 Å². The minimum Gasteiger partial charge on any atom is -0.382 e. The molecule has 1 amide bonds. The van der Waals surface area contributed by atoms with Crippen LogP contribution in [0.4, 0.5) is 5.82 Å². The Bertz CT molecular complexity index is 389. The van der Waals surface area contributed by atoms with Crippen molar-refractivity contribution in [2.75, 3.05) is 18.8 Å². The molecule has 5 nitrogen and oxygen atoms in total. The fourth-order valence-corrected chi connectivity index (χ4v) is 2.03. The Balaban J connectivity index is 2.14. The summed E-state index contributed by atoms with van der Waals surface area (Å²) in [6.45, 7) is 5.56. The van der Waals surface area contributed by atoms with Crippen LogP contribution in [0.15, 0.2) is 0 Å². The summed E-state index contributed by atoms with van der Waals surface area (Å²) in [5, 5.41) is 6.64. The minimum atomic E-state index is 0.0162. The lowest BCUT2D eigenvalue weighted by atomic mass is 10.2. The molecular formula is C12H20N4O. The highest BCUT2D eigenvalue weighted by Gasteiger charge is 2.28. The highest BCUT2D eigenvalue weighted by molar-refractivity contribution is 5.99. The first-order chi connectivity index (χ1) is 8.13. The molecule has 0 atom stereocenters. The van der Waals surface area contributed by atoms with Crippen LogP contribution in [-0.4, -0.2) is 34.1 Å². The number of aryl methyl sites for hydroxylation is 1. The normalized spacial score (nSPS) is 14.9. The molecular weight excluding hydrogens is 216 g/mol. The first-order valence-corrected chi connectivity index (χ1v) is 6.23. The summed E-state index contributed by atoms with van der Waals surface area (Å²) in [6.07, 6.45) is 3.45. The number of nitrogens with one attached hydrogen (secondary N) is 1. The van der Waals surface area contributed by atoms with Gasteiger partial charge >= 0.3 is 0 Å². The monoisotopic (exact) mass is 236 g/mol. The molecule has 0 spiro atoms. The van der Waals surface area contributed by atoms with Crippen molar-refractivity contribution in [1.82, 2.24) is 15.1 Å². The molecule has 5 heteroatoms. The Morgan fingerprint density at radius 3 is 2.76 bits per heavy atom. The van der Waals surface area contributed by atoms with Gasteiger partial charge in [-0.2, -0.15) is 5.10 Å². The summed E-state index contributed by atoms with van der Waals surface area (Å²) in [4.78, 5) is 14.3. The van der Waals surface area contributed by atoms with Gasteiger partial charge in [0.2, 0.25) is 0 Å². The van der Waals surface area contributed by atoms with Crippen LogP contribution >= 0.6 is 0 Å². The quantitative estimate of drug-likeness (QED) is 0.814. The number of nitrogens with two attached hydrogens (primary N) is 1. The molecule has 94 valence electrons. The number of rotatable bonds is 5. The van der Waals surface area contributed by atoms with Crippen molar-refractivity contribution < 1.29 is 4.79 Å². The SMILES string of the molecule is CCCN(CC1CC1)C(=O)c1c(N)n[nH]c1C. The van der Waals surface area contributed by atoms with Gasteiger partial charge in [0.05, 0.1) is 0 Å². The summed E-state index contributed by atoms with van der Waals surface area (Å²) in [7, 11) is 0. The van der Waals surface area contributed by atoms with E-state index in [-0.39, 0.29) is 5.91 Å². The number of anilines is 1. The van der Waals surface area contributed by atoms with E-state index < -0.39 is 0 Å². The van der Waals surface area contributed by atoms with Gasteiger partial charge in [-0.05, 0) is 32.1 Å². The Hall–Kier alpha value is -1.52. The molecule has 0 radical (unpaired) electrons. The van der Waals surface area contributed by atoms with E-state index in [0.29, 0.717) is 17.3 Å². The van der Waals surface area contributed by atoms with Gasteiger partial charge < -0.3 is 10.6 Å². The van der Waals surface area contributed by atoms with Crippen molar-refractivity contribution in [3.8, 4) is 0 Å². The molecule has 3 N–H and O–H groups in total. The first-order valence-electron chi connectivity index (χ1n) is 6.23. The fraction of sp³-hybridized carbons (Fsp3) is 0.667. The van der Waals surface area contributed by atoms with Crippen LogP contribution in [0.1, 0.15) is 42.2 Å². The van der Waals surface area contributed by atoms with Gasteiger partial charge in [-0.25, -0.2) is 0 Å². The third-order valence-electron chi connectivity index (χ3n) is 3.15. The van der Waals surface area contributed by atoms with E-state index in [4.69, 9.17) is 5.73 Å². The lowest BCUT2D eigenvalue weighted by molar-refractivity contribution is 0.0748.